The second-order valence-corrected chi connectivity index (χ2v) is 5.44. The van der Waals surface area contributed by atoms with Crippen molar-refractivity contribution in [3.05, 3.63) is 65.0 Å². The summed E-state index contributed by atoms with van der Waals surface area (Å²) in [7, 11) is 0. The number of nitrogens with one attached hydrogen (secondary N) is 1. The Bertz CT molecular complexity index is 563. The largest absolute Gasteiger partial charge is 0.302 e. The molecule has 3 rings (SSSR count). The summed E-state index contributed by atoms with van der Waals surface area (Å²) in [6.45, 7) is 4.36. The molecule has 2 heteroatoms. The molecule has 2 aromatic rings. The van der Waals surface area contributed by atoms with Crippen LogP contribution in [0.5, 0.6) is 0 Å². The highest BCUT2D eigenvalue weighted by Gasteiger charge is 2.24. The molecule has 0 spiro atoms. The molecule has 1 heterocycles. The zero-order valence-electron chi connectivity index (χ0n) is 11.6. The predicted molar refractivity (Wildman–Crippen MR) is 78.0 cm³/mol. The number of pyridine rings is 1. The third-order valence-corrected chi connectivity index (χ3v) is 3.96. The van der Waals surface area contributed by atoms with Crippen LogP contribution in [0.2, 0.25) is 0 Å². The van der Waals surface area contributed by atoms with Crippen LogP contribution in [0.1, 0.15) is 47.8 Å². The average molecular weight is 252 g/mol. The normalized spacial score (nSPS) is 19.2. The molecule has 0 saturated carbocycles. The Morgan fingerprint density at radius 1 is 1.26 bits per heavy atom. The van der Waals surface area contributed by atoms with E-state index in [0.29, 0.717) is 6.04 Å². The van der Waals surface area contributed by atoms with E-state index in [1.807, 2.05) is 18.3 Å². The van der Waals surface area contributed by atoms with Crippen LogP contribution in [-0.4, -0.2) is 4.98 Å². The van der Waals surface area contributed by atoms with E-state index in [0.717, 1.165) is 5.69 Å². The maximum atomic E-state index is 4.43. The number of hydrogen-bond donors (Lipinski definition) is 1. The molecule has 0 bridgehead atoms. The number of hydrogen-bond acceptors (Lipinski definition) is 2. The van der Waals surface area contributed by atoms with Gasteiger partial charge < -0.3 is 5.32 Å². The Labute approximate surface area is 114 Å². The van der Waals surface area contributed by atoms with Crippen molar-refractivity contribution >= 4 is 0 Å². The zero-order valence-corrected chi connectivity index (χ0v) is 11.6. The van der Waals surface area contributed by atoms with E-state index in [-0.39, 0.29) is 6.04 Å². The number of benzene rings is 1. The van der Waals surface area contributed by atoms with Gasteiger partial charge in [-0.15, -0.1) is 0 Å². The van der Waals surface area contributed by atoms with Crippen LogP contribution in [0, 0.1) is 6.92 Å². The van der Waals surface area contributed by atoms with Crippen LogP contribution in [0.4, 0.5) is 0 Å². The SMILES string of the molecule is Cc1ccc2c(c1)C(N[C@@H](C)c1ccccn1)CC2. The topological polar surface area (TPSA) is 24.9 Å². The lowest BCUT2D eigenvalue weighted by molar-refractivity contribution is 0.458. The molecule has 0 amide bonds. The lowest BCUT2D eigenvalue weighted by Gasteiger charge is -2.20. The molecular weight excluding hydrogens is 232 g/mol. The van der Waals surface area contributed by atoms with Gasteiger partial charge in [-0.3, -0.25) is 4.98 Å². The van der Waals surface area contributed by atoms with Gasteiger partial charge in [0.1, 0.15) is 0 Å². The fraction of sp³-hybridized carbons (Fsp3) is 0.353. The van der Waals surface area contributed by atoms with E-state index in [1.54, 1.807) is 0 Å². The number of rotatable bonds is 3. The van der Waals surface area contributed by atoms with Crippen molar-refractivity contribution in [1.29, 1.82) is 0 Å². The van der Waals surface area contributed by atoms with E-state index in [4.69, 9.17) is 0 Å². The van der Waals surface area contributed by atoms with Gasteiger partial charge in [0.15, 0.2) is 0 Å². The van der Waals surface area contributed by atoms with E-state index < -0.39 is 0 Å². The highest BCUT2D eigenvalue weighted by molar-refractivity contribution is 5.37. The Morgan fingerprint density at radius 3 is 2.95 bits per heavy atom. The van der Waals surface area contributed by atoms with Crippen LogP contribution in [0.15, 0.2) is 42.6 Å². The van der Waals surface area contributed by atoms with Gasteiger partial charge in [-0.2, -0.15) is 0 Å². The highest BCUT2D eigenvalue weighted by Crippen LogP contribution is 2.33. The van der Waals surface area contributed by atoms with Crippen molar-refractivity contribution in [2.45, 2.75) is 38.8 Å². The third kappa shape index (κ3) is 2.54. The molecular formula is C17H20N2. The van der Waals surface area contributed by atoms with Crippen molar-refractivity contribution in [2.24, 2.45) is 0 Å². The maximum Gasteiger partial charge on any atom is 0.0570 e. The number of aryl methyl sites for hydroxylation is 2. The second kappa shape index (κ2) is 5.14. The average Bonchev–Trinajstić information content (AvgIpc) is 2.82. The lowest BCUT2D eigenvalue weighted by atomic mass is 10.0. The van der Waals surface area contributed by atoms with Gasteiger partial charge in [0, 0.05) is 18.3 Å². The summed E-state index contributed by atoms with van der Waals surface area (Å²) >= 11 is 0. The van der Waals surface area contributed by atoms with E-state index in [2.05, 4.69) is 48.4 Å². The molecule has 1 unspecified atom stereocenters. The quantitative estimate of drug-likeness (QED) is 0.900. The minimum Gasteiger partial charge on any atom is -0.302 e. The van der Waals surface area contributed by atoms with Crippen molar-refractivity contribution in [3.63, 3.8) is 0 Å². The molecule has 98 valence electrons. The van der Waals surface area contributed by atoms with Crippen LogP contribution in [-0.2, 0) is 6.42 Å². The molecule has 1 aliphatic rings. The van der Waals surface area contributed by atoms with Gasteiger partial charge in [0.25, 0.3) is 0 Å². The standard InChI is InChI=1S/C17H20N2/c1-12-6-7-14-8-9-17(15(14)11-12)19-13(2)16-5-3-4-10-18-16/h3-7,10-11,13,17,19H,8-9H2,1-2H3/t13-,17?/m0/s1. The minimum absolute atomic E-state index is 0.290. The van der Waals surface area contributed by atoms with Crippen LogP contribution in [0.25, 0.3) is 0 Å². The zero-order chi connectivity index (χ0) is 13.2. The summed E-state index contributed by atoms with van der Waals surface area (Å²) in [5, 5.41) is 3.72. The molecule has 1 aromatic carbocycles. The Kier molecular flexibility index (Phi) is 3.34. The van der Waals surface area contributed by atoms with Gasteiger partial charge in [-0.25, -0.2) is 0 Å². The van der Waals surface area contributed by atoms with Gasteiger partial charge in [-0.1, -0.05) is 29.8 Å². The van der Waals surface area contributed by atoms with E-state index in [1.165, 1.54) is 29.5 Å². The van der Waals surface area contributed by atoms with E-state index >= 15 is 0 Å². The molecule has 1 aliphatic carbocycles. The summed E-state index contributed by atoms with van der Waals surface area (Å²) in [6, 6.07) is 13.7. The fourth-order valence-electron chi connectivity index (χ4n) is 2.91. The van der Waals surface area contributed by atoms with Gasteiger partial charge >= 0.3 is 0 Å². The first-order valence-corrected chi connectivity index (χ1v) is 7.00. The summed E-state index contributed by atoms with van der Waals surface area (Å²) in [4.78, 5) is 4.43. The van der Waals surface area contributed by atoms with Gasteiger partial charge in [0.05, 0.1) is 5.69 Å². The third-order valence-electron chi connectivity index (χ3n) is 3.96. The van der Waals surface area contributed by atoms with Crippen LogP contribution >= 0.6 is 0 Å². The molecule has 2 atom stereocenters. The first-order chi connectivity index (χ1) is 9.24. The first-order valence-electron chi connectivity index (χ1n) is 7.00. The Morgan fingerprint density at radius 2 is 2.16 bits per heavy atom. The molecule has 1 aromatic heterocycles. The first kappa shape index (κ1) is 12.4. The smallest absolute Gasteiger partial charge is 0.0570 e. The summed E-state index contributed by atoms with van der Waals surface area (Å²) < 4.78 is 0. The number of aromatic nitrogens is 1. The fourth-order valence-corrected chi connectivity index (χ4v) is 2.91. The monoisotopic (exact) mass is 252 g/mol. The summed E-state index contributed by atoms with van der Waals surface area (Å²) in [5.74, 6) is 0. The minimum atomic E-state index is 0.290. The molecule has 0 aliphatic heterocycles. The number of nitrogens with zero attached hydrogens (tertiary/aromatic N) is 1. The Hall–Kier alpha value is -1.67. The van der Waals surface area contributed by atoms with E-state index in [9.17, 15) is 0 Å². The van der Waals surface area contributed by atoms with Gasteiger partial charge in [-0.05, 0) is 49.9 Å². The Balaban J connectivity index is 1.78. The molecule has 0 fully saturated rings. The predicted octanol–water partition coefficient (Wildman–Crippen LogP) is 3.73. The second-order valence-electron chi connectivity index (χ2n) is 5.44. The highest BCUT2D eigenvalue weighted by atomic mass is 15.0. The van der Waals surface area contributed by atoms with Crippen molar-refractivity contribution in [2.75, 3.05) is 0 Å². The van der Waals surface area contributed by atoms with Crippen LogP contribution in [0.3, 0.4) is 0 Å². The summed E-state index contributed by atoms with van der Waals surface area (Å²) in [5.41, 5.74) is 5.43. The molecule has 0 saturated heterocycles. The molecule has 2 nitrogen and oxygen atoms in total. The lowest BCUT2D eigenvalue weighted by Crippen LogP contribution is -2.23. The number of fused-ring (bicyclic) bond motifs is 1. The van der Waals surface area contributed by atoms with Crippen molar-refractivity contribution in [3.8, 4) is 0 Å². The molecule has 1 N–H and O–H groups in total. The summed E-state index contributed by atoms with van der Waals surface area (Å²) in [6.07, 6.45) is 4.23. The molecule has 19 heavy (non-hydrogen) atoms. The van der Waals surface area contributed by atoms with Crippen molar-refractivity contribution in [1.82, 2.24) is 10.3 Å². The van der Waals surface area contributed by atoms with Crippen molar-refractivity contribution < 1.29 is 0 Å². The molecule has 0 radical (unpaired) electrons. The maximum absolute atomic E-state index is 4.43. The van der Waals surface area contributed by atoms with Gasteiger partial charge in [0.2, 0.25) is 0 Å². The van der Waals surface area contributed by atoms with Crippen LogP contribution < -0.4 is 5.32 Å².